The molecule has 1 atom stereocenters. The normalized spacial score (nSPS) is 12.7. The van der Waals surface area contributed by atoms with Crippen LogP contribution in [0.1, 0.15) is 24.3 Å². The van der Waals surface area contributed by atoms with E-state index < -0.39 is 6.10 Å². The van der Waals surface area contributed by atoms with Crippen molar-refractivity contribution < 1.29 is 5.11 Å². The van der Waals surface area contributed by atoms with Gasteiger partial charge in [0.05, 0.1) is 11.9 Å². The third-order valence-corrected chi connectivity index (χ3v) is 3.70. The smallest absolute Gasteiger partial charge is 0.123 e. The van der Waals surface area contributed by atoms with Crippen molar-refractivity contribution in [1.29, 1.82) is 0 Å². The zero-order valence-corrected chi connectivity index (χ0v) is 12.3. The summed E-state index contributed by atoms with van der Waals surface area (Å²) >= 11 is 6.83. The van der Waals surface area contributed by atoms with Crippen LogP contribution in [0.5, 0.6) is 0 Å². The molecule has 6 heteroatoms. The molecule has 0 spiro atoms. The molecule has 0 amide bonds. The summed E-state index contributed by atoms with van der Waals surface area (Å²) in [6.45, 7) is 2.64. The number of hydrogen-bond donors (Lipinski definition) is 1. The average molecular weight is 361 g/mol. The minimum absolute atomic E-state index is 0.679. The molecular formula is C11H11Br2N3O. The van der Waals surface area contributed by atoms with Crippen LogP contribution in [0.25, 0.3) is 0 Å². The molecule has 0 fully saturated rings. The highest BCUT2D eigenvalue weighted by Crippen LogP contribution is 2.30. The first kappa shape index (κ1) is 12.7. The molecule has 90 valence electrons. The van der Waals surface area contributed by atoms with Gasteiger partial charge in [-0.3, -0.25) is 0 Å². The molecule has 1 heterocycles. The maximum Gasteiger partial charge on any atom is 0.123 e. The molecule has 0 saturated carbocycles. The zero-order chi connectivity index (χ0) is 12.4. The summed E-state index contributed by atoms with van der Waals surface area (Å²) in [5, 5.41) is 18.1. The number of halogens is 2. The Morgan fingerprint density at radius 1 is 1.41 bits per heavy atom. The monoisotopic (exact) mass is 359 g/mol. The minimum atomic E-state index is -0.739. The quantitative estimate of drug-likeness (QED) is 0.915. The summed E-state index contributed by atoms with van der Waals surface area (Å²) in [6, 6.07) is 5.68. The second-order valence-corrected chi connectivity index (χ2v) is 5.31. The van der Waals surface area contributed by atoms with Crippen LogP contribution in [0, 0.1) is 0 Å². The van der Waals surface area contributed by atoms with Crippen molar-refractivity contribution in [1.82, 2.24) is 15.0 Å². The van der Waals surface area contributed by atoms with Crippen molar-refractivity contribution in [3.63, 3.8) is 0 Å². The molecular weight excluding hydrogens is 350 g/mol. The van der Waals surface area contributed by atoms with Gasteiger partial charge >= 0.3 is 0 Å². The van der Waals surface area contributed by atoms with Crippen LogP contribution in [0.15, 0.2) is 33.3 Å². The molecule has 1 aromatic heterocycles. The molecule has 4 nitrogen and oxygen atoms in total. The first-order valence-electron chi connectivity index (χ1n) is 5.15. The number of benzene rings is 1. The first-order chi connectivity index (χ1) is 8.13. The van der Waals surface area contributed by atoms with E-state index in [0.29, 0.717) is 12.2 Å². The van der Waals surface area contributed by atoms with Gasteiger partial charge in [-0.1, -0.05) is 37.1 Å². The maximum atomic E-state index is 10.3. The minimum Gasteiger partial charge on any atom is -0.382 e. The van der Waals surface area contributed by atoms with Gasteiger partial charge in [0.15, 0.2) is 0 Å². The summed E-state index contributed by atoms with van der Waals surface area (Å²) in [5.41, 5.74) is 1.47. The summed E-state index contributed by atoms with van der Waals surface area (Å²) in [4.78, 5) is 0. The Kier molecular flexibility index (Phi) is 3.96. The van der Waals surface area contributed by atoms with Crippen molar-refractivity contribution in [2.24, 2.45) is 0 Å². The van der Waals surface area contributed by atoms with E-state index in [1.54, 1.807) is 10.9 Å². The van der Waals surface area contributed by atoms with Crippen LogP contribution >= 0.6 is 31.9 Å². The average Bonchev–Trinajstić information content (AvgIpc) is 2.79. The molecule has 0 radical (unpaired) electrons. The Morgan fingerprint density at radius 2 is 2.18 bits per heavy atom. The van der Waals surface area contributed by atoms with Gasteiger partial charge in [-0.05, 0) is 25.1 Å². The molecule has 2 aromatic rings. The molecule has 0 bridgehead atoms. The van der Waals surface area contributed by atoms with E-state index in [1.807, 2.05) is 25.1 Å². The van der Waals surface area contributed by atoms with Crippen molar-refractivity contribution >= 4 is 31.9 Å². The van der Waals surface area contributed by atoms with Gasteiger partial charge in [-0.15, -0.1) is 5.10 Å². The molecule has 1 N–H and O–H groups in total. The summed E-state index contributed by atoms with van der Waals surface area (Å²) in [7, 11) is 0. The Hall–Kier alpha value is -0.720. The number of rotatable bonds is 3. The van der Waals surface area contributed by atoms with Crippen LogP contribution in [-0.2, 0) is 6.54 Å². The summed E-state index contributed by atoms with van der Waals surface area (Å²) in [6.07, 6.45) is 0.846. The lowest BCUT2D eigenvalue weighted by Crippen LogP contribution is -2.09. The number of aryl methyl sites for hydroxylation is 1. The van der Waals surface area contributed by atoms with Gasteiger partial charge in [0.1, 0.15) is 6.10 Å². The summed E-state index contributed by atoms with van der Waals surface area (Å²) in [5.74, 6) is 0. The van der Waals surface area contributed by atoms with Gasteiger partial charge in [0, 0.05) is 21.1 Å². The maximum absolute atomic E-state index is 10.3. The van der Waals surface area contributed by atoms with Gasteiger partial charge in [-0.2, -0.15) is 0 Å². The van der Waals surface area contributed by atoms with Crippen molar-refractivity contribution in [2.45, 2.75) is 19.6 Å². The van der Waals surface area contributed by atoms with Crippen LogP contribution in [0.3, 0.4) is 0 Å². The number of aromatic nitrogens is 3. The molecule has 0 aliphatic heterocycles. The lowest BCUT2D eigenvalue weighted by atomic mass is 10.1. The largest absolute Gasteiger partial charge is 0.382 e. The van der Waals surface area contributed by atoms with E-state index in [1.165, 1.54) is 0 Å². The predicted molar refractivity (Wildman–Crippen MR) is 71.6 cm³/mol. The zero-order valence-electron chi connectivity index (χ0n) is 9.14. The molecule has 2 rings (SSSR count). The third kappa shape index (κ3) is 2.59. The molecule has 1 aromatic carbocycles. The van der Waals surface area contributed by atoms with E-state index >= 15 is 0 Å². The molecule has 0 saturated heterocycles. The molecule has 1 unspecified atom stereocenters. The van der Waals surface area contributed by atoms with E-state index in [-0.39, 0.29) is 0 Å². The second-order valence-electron chi connectivity index (χ2n) is 3.54. The standard InChI is InChI=1S/C11H11Br2N3O/c1-2-16-10(6-14-15-16)11(17)8-5-7(12)3-4-9(8)13/h3-6,11,17H,2H2,1H3. The number of hydrogen-bond acceptors (Lipinski definition) is 3. The number of aliphatic hydroxyl groups excluding tert-OH is 1. The van der Waals surface area contributed by atoms with E-state index in [4.69, 9.17) is 0 Å². The Labute approximate surface area is 116 Å². The fraction of sp³-hybridized carbons (Fsp3) is 0.273. The van der Waals surface area contributed by atoms with Gasteiger partial charge < -0.3 is 5.11 Å². The lowest BCUT2D eigenvalue weighted by Gasteiger charge is -2.13. The summed E-state index contributed by atoms with van der Waals surface area (Å²) < 4.78 is 3.46. The number of aliphatic hydroxyl groups is 1. The van der Waals surface area contributed by atoms with Gasteiger partial charge in [0.2, 0.25) is 0 Å². The van der Waals surface area contributed by atoms with Crippen molar-refractivity contribution in [3.8, 4) is 0 Å². The van der Waals surface area contributed by atoms with E-state index in [2.05, 4.69) is 42.2 Å². The van der Waals surface area contributed by atoms with Gasteiger partial charge in [0.25, 0.3) is 0 Å². The first-order valence-corrected chi connectivity index (χ1v) is 6.73. The van der Waals surface area contributed by atoms with Crippen LogP contribution in [-0.4, -0.2) is 20.1 Å². The highest BCUT2D eigenvalue weighted by atomic mass is 79.9. The Bertz CT molecular complexity index is 527. The fourth-order valence-electron chi connectivity index (χ4n) is 1.61. The fourth-order valence-corrected chi connectivity index (χ4v) is 2.45. The van der Waals surface area contributed by atoms with E-state index in [9.17, 15) is 5.11 Å². The Morgan fingerprint density at radius 3 is 2.88 bits per heavy atom. The van der Waals surface area contributed by atoms with Crippen LogP contribution in [0.4, 0.5) is 0 Å². The van der Waals surface area contributed by atoms with Gasteiger partial charge in [-0.25, -0.2) is 4.68 Å². The highest BCUT2D eigenvalue weighted by molar-refractivity contribution is 9.11. The van der Waals surface area contributed by atoms with Crippen molar-refractivity contribution in [3.05, 3.63) is 44.6 Å². The third-order valence-electron chi connectivity index (χ3n) is 2.48. The van der Waals surface area contributed by atoms with Crippen LogP contribution < -0.4 is 0 Å². The predicted octanol–water partition coefficient (Wildman–Crippen LogP) is 2.90. The van der Waals surface area contributed by atoms with Crippen LogP contribution in [0.2, 0.25) is 0 Å². The molecule has 0 aliphatic rings. The van der Waals surface area contributed by atoms with E-state index in [0.717, 1.165) is 14.5 Å². The highest BCUT2D eigenvalue weighted by Gasteiger charge is 2.18. The Balaban J connectivity index is 2.43. The van der Waals surface area contributed by atoms with Crippen molar-refractivity contribution in [2.75, 3.05) is 0 Å². The SMILES string of the molecule is CCn1nncc1C(O)c1cc(Br)ccc1Br. The second kappa shape index (κ2) is 5.29. The number of nitrogens with zero attached hydrogens (tertiary/aromatic N) is 3. The molecule has 0 aliphatic carbocycles. The lowest BCUT2D eigenvalue weighted by molar-refractivity contribution is 0.207. The topological polar surface area (TPSA) is 50.9 Å². The molecule has 17 heavy (non-hydrogen) atoms.